The fourth-order valence-corrected chi connectivity index (χ4v) is 3.64. The van der Waals surface area contributed by atoms with Gasteiger partial charge in [0.25, 0.3) is 5.91 Å². The second kappa shape index (κ2) is 11.2. The Morgan fingerprint density at radius 3 is 2.45 bits per heavy atom. The summed E-state index contributed by atoms with van der Waals surface area (Å²) in [4.78, 5) is 28.7. The van der Waals surface area contributed by atoms with E-state index in [1.54, 1.807) is 18.2 Å². The van der Waals surface area contributed by atoms with Gasteiger partial charge in [-0.05, 0) is 43.2 Å². The monoisotopic (exact) mass is 490 g/mol. The number of pyridine rings is 1. The van der Waals surface area contributed by atoms with Gasteiger partial charge in [0.15, 0.2) is 11.6 Å². The third-order valence-electron chi connectivity index (χ3n) is 4.91. The maximum Gasteiger partial charge on any atom is 0.263 e. The Bertz CT molecular complexity index is 1140. The predicted octanol–water partition coefficient (Wildman–Crippen LogP) is 5.79. The Labute approximate surface area is 200 Å². The lowest BCUT2D eigenvalue weighted by atomic mass is 10.0. The number of aromatic hydroxyl groups is 1. The molecule has 6 nitrogen and oxygen atoms in total. The average molecular weight is 491 g/mol. The third kappa shape index (κ3) is 5.87. The fraction of sp³-hybridized carbons (Fsp3) is 0.208. The summed E-state index contributed by atoms with van der Waals surface area (Å²) in [5.74, 6) is -1.96. The first kappa shape index (κ1) is 24.6. The molecular weight excluding hydrogens is 470 g/mol. The van der Waals surface area contributed by atoms with Crippen molar-refractivity contribution < 1.29 is 23.8 Å². The zero-order valence-corrected chi connectivity index (χ0v) is 19.2. The Kier molecular flexibility index (Phi) is 8.38. The van der Waals surface area contributed by atoms with Crippen molar-refractivity contribution in [3.05, 3.63) is 75.7 Å². The van der Waals surface area contributed by atoms with E-state index in [2.05, 4.69) is 4.98 Å². The largest absolute Gasteiger partial charge is 0.504 e. The van der Waals surface area contributed by atoms with Gasteiger partial charge in [-0.25, -0.2) is 9.37 Å². The van der Waals surface area contributed by atoms with E-state index in [0.717, 1.165) is 24.2 Å². The van der Waals surface area contributed by atoms with E-state index < -0.39 is 11.7 Å². The minimum Gasteiger partial charge on any atom is -0.504 e. The van der Waals surface area contributed by atoms with Gasteiger partial charge in [-0.3, -0.25) is 14.5 Å². The first-order valence-electron chi connectivity index (χ1n) is 10.1. The molecule has 0 atom stereocenters. The number of halogens is 3. The van der Waals surface area contributed by atoms with E-state index in [4.69, 9.17) is 27.9 Å². The van der Waals surface area contributed by atoms with Crippen LogP contribution in [-0.4, -0.2) is 42.5 Å². The van der Waals surface area contributed by atoms with Crippen LogP contribution in [0, 0.1) is 5.82 Å². The van der Waals surface area contributed by atoms with Crippen LogP contribution in [0.3, 0.4) is 0 Å². The Hall–Kier alpha value is -3.00. The molecule has 1 aliphatic heterocycles. The molecule has 2 heterocycles. The van der Waals surface area contributed by atoms with Crippen LogP contribution < -0.4 is 4.90 Å². The quantitative estimate of drug-likeness (QED) is 0.468. The number of hydrogen-bond donors (Lipinski definition) is 1. The normalized spacial score (nSPS) is 12.6. The van der Waals surface area contributed by atoms with Crippen LogP contribution in [0.25, 0.3) is 11.1 Å². The molecule has 0 radical (unpaired) electrons. The smallest absolute Gasteiger partial charge is 0.263 e. The molecule has 3 aromatic rings. The number of carbonyl (C=O) groups excluding carboxylic acids is 2. The highest BCUT2D eigenvalue weighted by Gasteiger charge is 2.23. The maximum atomic E-state index is 14.0. The lowest BCUT2D eigenvalue weighted by molar-refractivity contribution is 0.0987. The van der Waals surface area contributed by atoms with Crippen LogP contribution in [0.2, 0.25) is 10.0 Å². The number of hydrogen-bond acceptors (Lipinski definition) is 5. The van der Waals surface area contributed by atoms with Crippen molar-refractivity contribution in [3.63, 3.8) is 0 Å². The molecule has 1 amide bonds. The minimum absolute atomic E-state index is 0.0505. The highest BCUT2D eigenvalue weighted by atomic mass is 35.5. The summed E-state index contributed by atoms with van der Waals surface area (Å²) >= 11 is 12.1. The molecule has 0 aliphatic carbocycles. The van der Waals surface area contributed by atoms with Gasteiger partial charge in [0.1, 0.15) is 12.1 Å². The number of aromatic nitrogens is 1. The van der Waals surface area contributed by atoms with Gasteiger partial charge in [0.05, 0.1) is 10.6 Å². The van der Waals surface area contributed by atoms with Gasteiger partial charge in [-0.2, -0.15) is 0 Å². The molecule has 1 saturated heterocycles. The van der Waals surface area contributed by atoms with E-state index in [9.17, 15) is 19.1 Å². The molecule has 4 rings (SSSR count). The molecule has 1 N–H and O–H groups in total. The second-order valence-electron chi connectivity index (χ2n) is 7.20. The lowest BCUT2D eigenvalue weighted by Crippen LogP contribution is -2.28. The molecule has 1 aromatic heterocycles. The summed E-state index contributed by atoms with van der Waals surface area (Å²) in [6, 6.07) is 9.92. The third-order valence-corrected chi connectivity index (χ3v) is 5.56. The molecule has 0 saturated carbocycles. The van der Waals surface area contributed by atoms with Crippen molar-refractivity contribution in [2.75, 3.05) is 25.2 Å². The number of ether oxygens (including phenoxy) is 1. The molecule has 0 unspecified atom stereocenters. The zero-order chi connectivity index (χ0) is 24.0. The summed E-state index contributed by atoms with van der Waals surface area (Å²) < 4.78 is 19.0. The van der Waals surface area contributed by atoms with Gasteiger partial charge >= 0.3 is 0 Å². The van der Waals surface area contributed by atoms with Gasteiger partial charge in [0, 0.05) is 48.2 Å². The highest BCUT2D eigenvalue weighted by Crippen LogP contribution is 2.34. The topological polar surface area (TPSA) is 79.7 Å². The molecule has 0 bridgehead atoms. The number of aldehydes is 1. The van der Waals surface area contributed by atoms with Crippen molar-refractivity contribution in [2.24, 2.45) is 0 Å². The number of rotatable bonds is 4. The van der Waals surface area contributed by atoms with Crippen molar-refractivity contribution >= 4 is 41.2 Å². The molecule has 172 valence electrons. The van der Waals surface area contributed by atoms with Crippen molar-refractivity contribution in [3.8, 4) is 16.9 Å². The van der Waals surface area contributed by atoms with Gasteiger partial charge < -0.3 is 9.84 Å². The Morgan fingerprint density at radius 2 is 1.88 bits per heavy atom. The van der Waals surface area contributed by atoms with E-state index >= 15 is 0 Å². The molecule has 2 aromatic carbocycles. The number of amides is 1. The molecular formula is C24H21Cl2FN2O4. The van der Waals surface area contributed by atoms with Crippen molar-refractivity contribution in [1.29, 1.82) is 0 Å². The number of nitrogens with zero attached hydrogens (tertiary/aromatic N) is 2. The Morgan fingerprint density at radius 1 is 1.15 bits per heavy atom. The van der Waals surface area contributed by atoms with Gasteiger partial charge in [-0.1, -0.05) is 35.3 Å². The first-order chi connectivity index (χ1) is 15.8. The van der Waals surface area contributed by atoms with E-state index in [1.807, 2.05) is 0 Å². The summed E-state index contributed by atoms with van der Waals surface area (Å²) in [5.41, 5.74) is 1.02. The second-order valence-corrected chi connectivity index (χ2v) is 8.02. The van der Waals surface area contributed by atoms with Gasteiger partial charge in [0.2, 0.25) is 0 Å². The lowest BCUT2D eigenvalue weighted by Gasteiger charge is -2.19. The standard InChI is InChI=1S/C20H13Cl2FN2O3.C4H8O/c1-25(20(28)18-15(22)3-2-4-16(18)23)19-17(27)8-12(9-24-19)13-7-11(10-26)5-6-14(13)21;1-2-4-5-3-1/h2-10,27H,1H3;1-4H2. The molecule has 1 fully saturated rings. The number of anilines is 1. The molecule has 0 spiro atoms. The zero-order valence-electron chi connectivity index (χ0n) is 17.7. The van der Waals surface area contributed by atoms with Crippen LogP contribution in [-0.2, 0) is 4.74 Å². The van der Waals surface area contributed by atoms with E-state index in [-0.39, 0.29) is 22.2 Å². The highest BCUT2D eigenvalue weighted by molar-refractivity contribution is 6.34. The number of carbonyl (C=O) groups is 2. The van der Waals surface area contributed by atoms with Crippen LogP contribution in [0.4, 0.5) is 10.2 Å². The summed E-state index contributed by atoms with van der Waals surface area (Å²) in [5, 5.41) is 10.7. The maximum absolute atomic E-state index is 14.0. The van der Waals surface area contributed by atoms with Crippen LogP contribution in [0.5, 0.6) is 5.75 Å². The fourth-order valence-electron chi connectivity index (χ4n) is 3.17. The van der Waals surface area contributed by atoms with Crippen molar-refractivity contribution in [1.82, 2.24) is 4.98 Å². The number of benzene rings is 2. The summed E-state index contributed by atoms with van der Waals surface area (Å²) in [7, 11) is 1.34. The predicted molar refractivity (Wildman–Crippen MR) is 126 cm³/mol. The van der Waals surface area contributed by atoms with Crippen molar-refractivity contribution in [2.45, 2.75) is 12.8 Å². The molecule has 33 heavy (non-hydrogen) atoms. The van der Waals surface area contributed by atoms with Crippen LogP contribution in [0.1, 0.15) is 33.6 Å². The van der Waals surface area contributed by atoms with E-state index in [0.29, 0.717) is 28.0 Å². The van der Waals surface area contributed by atoms with E-state index in [1.165, 1.54) is 44.3 Å². The SMILES string of the molecule is C1CCOC1.CN(C(=O)c1c(F)cccc1Cl)c1ncc(-c2cc(C=O)ccc2Cl)cc1O. The average Bonchev–Trinajstić information content (AvgIpc) is 3.39. The Balaban J connectivity index is 0.000000541. The summed E-state index contributed by atoms with van der Waals surface area (Å²) in [6.45, 7) is 2.00. The van der Waals surface area contributed by atoms with Crippen LogP contribution >= 0.6 is 23.2 Å². The molecule has 1 aliphatic rings. The summed E-state index contributed by atoms with van der Waals surface area (Å²) in [6.07, 6.45) is 4.61. The van der Waals surface area contributed by atoms with Gasteiger partial charge in [-0.15, -0.1) is 0 Å². The van der Waals surface area contributed by atoms with Crippen LogP contribution in [0.15, 0.2) is 48.7 Å². The first-order valence-corrected chi connectivity index (χ1v) is 10.8. The minimum atomic E-state index is -0.780. The molecule has 9 heteroatoms.